The minimum Gasteiger partial charge on any atom is -0.394 e. The fourth-order valence-corrected chi connectivity index (χ4v) is 2.66. The Morgan fingerprint density at radius 3 is 2.76 bits per heavy atom. The van der Waals surface area contributed by atoms with Crippen LogP contribution in [0.3, 0.4) is 0 Å². The Balaban J connectivity index is 2.29. The van der Waals surface area contributed by atoms with Gasteiger partial charge in [0.05, 0.1) is 6.61 Å². The summed E-state index contributed by atoms with van der Waals surface area (Å²) in [5, 5.41) is 9.21. The summed E-state index contributed by atoms with van der Waals surface area (Å²) in [4.78, 5) is 1.31. The first-order valence-corrected chi connectivity index (χ1v) is 7.17. The van der Waals surface area contributed by atoms with Gasteiger partial charge in [-0.2, -0.15) is 0 Å². The third kappa shape index (κ3) is 5.11. The smallest absolute Gasteiger partial charge is 0.0611 e. The molecule has 0 amide bonds. The normalized spacial score (nSPS) is 14.6. The molecule has 3 heteroatoms. The molecule has 0 aromatic heterocycles. The van der Waals surface area contributed by atoms with Crippen molar-refractivity contribution in [3.8, 4) is 0 Å². The first-order chi connectivity index (χ1) is 8.09. The van der Waals surface area contributed by atoms with Crippen LogP contribution in [0.2, 0.25) is 0 Å². The van der Waals surface area contributed by atoms with Crippen molar-refractivity contribution in [1.29, 1.82) is 0 Å². The van der Waals surface area contributed by atoms with Gasteiger partial charge in [-0.3, -0.25) is 0 Å². The van der Waals surface area contributed by atoms with Gasteiger partial charge in [-0.25, -0.2) is 0 Å². The summed E-state index contributed by atoms with van der Waals surface area (Å²) < 4.78 is 0. The van der Waals surface area contributed by atoms with E-state index < -0.39 is 0 Å². The highest BCUT2D eigenvalue weighted by Gasteiger charge is 2.20. The summed E-state index contributed by atoms with van der Waals surface area (Å²) in [7, 11) is 0. The zero-order valence-electron chi connectivity index (χ0n) is 10.8. The SMILES string of the molecule is CCC(N)(CO)CCCSc1cccc(C)c1. The Morgan fingerprint density at radius 1 is 1.41 bits per heavy atom. The fourth-order valence-electron chi connectivity index (χ4n) is 1.69. The lowest BCUT2D eigenvalue weighted by molar-refractivity contribution is 0.182. The average Bonchev–Trinajstić information content (AvgIpc) is 2.34. The lowest BCUT2D eigenvalue weighted by atomic mass is 9.93. The Kier molecular flexibility index (Phi) is 6.03. The van der Waals surface area contributed by atoms with E-state index in [1.807, 2.05) is 18.7 Å². The Bertz CT molecular complexity index is 337. The minimum atomic E-state index is -0.382. The minimum absolute atomic E-state index is 0.0820. The van der Waals surface area contributed by atoms with Crippen LogP contribution in [0.5, 0.6) is 0 Å². The van der Waals surface area contributed by atoms with Crippen molar-refractivity contribution in [3.63, 3.8) is 0 Å². The average molecular weight is 253 g/mol. The van der Waals surface area contributed by atoms with Crippen molar-refractivity contribution in [2.75, 3.05) is 12.4 Å². The number of hydrogen-bond acceptors (Lipinski definition) is 3. The molecule has 1 rings (SSSR count). The van der Waals surface area contributed by atoms with E-state index in [-0.39, 0.29) is 12.1 Å². The Morgan fingerprint density at radius 2 is 2.18 bits per heavy atom. The summed E-state index contributed by atoms with van der Waals surface area (Å²) in [5.41, 5.74) is 6.96. The Hall–Kier alpha value is -0.510. The zero-order chi connectivity index (χ0) is 12.7. The van der Waals surface area contributed by atoms with E-state index in [4.69, 9.17) is 5.73 Å². The van der Waals surface area contributed by atoms with Crippen molar-refractivity contribution in [2.45, 2.75) is 43.5 Å². The topological polar surface area (TPSA) is 46.2 Å². The molecule has 0 heterocycles. The van der Waals surface area contributed by atoms with Crippen LogP contribution >= 0.6 is 11.8 Å². The van der Waals surface area contributed by atoms with Crippen LogP contribution in [0.25, 0.3) is 0 Å². The highest BCUT2D eigenvalue weighted by Crippen LogP contribution is 2.22. The van der Waals surface area contributed by atoms with Crippen LogP contribution in [0, 0.1) is 6.92 Å². The van der Waals surface area contributed by atoms with Gasteiger partial charge in [-0.05, 0) is 44.1 Å². The largest absolute Gasteiger partial charge is 0.394 e. The molecule has 0 saturated heterocycles. The second-order valence-corrected chi connectivity index (χ2v) is 5.81. The quantitative estimate of drug-likeness (QED) is 0.580. The maximum atomic E-state index is 9.21. The number of benzene rings is 1. The summed E-state index contributed by atoms with van der Waals surface area (Å²) in [6.45, 7) is 4.22. The van der Waals surface area contributed by atoms with Crippen molar-refractivity contribution in [1.82, 2.24) is 0 Å². The molecule has 2 nitrogen and oxygen atoms in total. The van der Waals surface area contributed by atoms with Gasteiger partial charge in [-0.15, -0.1) is 11.8 Å². The molecule has 17 heavy (non-hydrogen) atoms. The molecule has 0 saturated carbocycles. The van der Waals surface area contributed by atoms with Gasteiger partial charge in [0, 0.05) is 10.4 Å². The molecule has 0 radical (unpaired) electrons. The van der Waals surface area contributed by atoms with Gasteiger partial charge >= 0.3 is 0 Å². The van der Waals surface area contributed by atoms with Crippen molar-refractivity contribution < 1.29 is 5.11 Å². The number of aryl methyl sites for hydroxylation is 1. The molecule has 1 unspecified atom stereocenters. The number of nitrogens with two attached hydrogens (primary N) is 1. The monoisotopic (exact) mass is 253 g/mol. The third-order valence-corrected chi connectivity index (χ3v) is 4.18. The zero-order valence-corrected chi connectivity index (χ0v) is 11.6. The standard InChI is InChI=1S/C14H23NOS/c1-3-14(15,11-16)8-5-9-17-13-7-4-6-12(2)10-13/h4,6-7,10,16H,3,5,8-9,11,15H2,1-2H3. The van der Waals surface area contributed by atoms with Gasteiger partial charge in [-0.1, -0.05) is 24.6 Å². The summed E-state index contributed by atoms with van der Waals surface area (Å²) in [5.74, 6) is 1.06. The third-order valence-electron chi connectivity index (χ3n) is 3.10. The van der Waals surface area contributed by atoms with E-state index in [1.165, 1.54) is 10.5 Å². The van der Waals surface area contributed by atoms with Gasteiger partial charge in [0.2, 0.25) is 0 Å². The van der Waals surface area contributed by atoms with E-state index in [0.29, 0.717) is 0 Å². The maximum Gasteiger partial charge on any atom is 0.0611 e. The van der Waals surface area contributed by atoms with Crippen LogP contribution in [0.4, 0.5) is 0 Å². The van der Waals surface area contributed by atoms with E-state index in [2.05, 4.69) is 31.2 Å². The lowest BCUT2D eigenvalue weighted by Crippen LogP contribution is -2.42. The van der Waals surface area contributed by atoms with E-state index in [1.54, 1.807) is 0 Å². The van der Waals surface area contributed by atoms with E-state index >= 15 is 0 Å². The van der Waals surface area contributed by atoms with Gasteiger partial charge in [0.15, 0.2) is 0 Å². The highest BCUT2D eigenvalue weighted by atomic mass is 32.2. The molecule has 1 atom stereocenters. The first kappa shape index (κ1) is 14.6. The number of thioether (sulfide) groups is 1. The molecule has 0 aliphatic heterocycles. The Labute approximate surface area is 109 Å². The predicted octanol–water partition coefficient (Wildman–Crippen LogP) is 2.97. The molecule has 3 N–H and O–H groups in total. The number of aliphatic hydroxyl groups excluding tert-OH is 1. The molecular formula is C14H23NOS. The molecule has 0 bridgehead atoms. The first-order valence-electron chi connectivity index (χ1n) is 6.19. The number of rotatable bonds is 7. The van der Waals surface area contributed by atoms with Crippen LogP contribution in [0.15, 0.2) is 29.2 Å². The van der Waals surface area contributed by atoms with Crippen LogP contribution in [-0.4, -0.2) is 23.0 Å². The predicted molar refractivity (Wildman–Crippen MR) is 75.4 cm³/mol. The lowest BCUT2D eigenvalue weighted by Gasteiger charge is -2.25. The summed E-state index contributed by atoms with van der Waals surface area (Å²) >= 11 is 1.86. The molecule has 1 aromatic carbocycles. The highest BCUT2D eigenvalue weighted by molar-refractivity contribution is 7.99. The van der Waals surface area contributed by atoms with Gasteiger partial charge in [0.25, 0.3) is 0 Å². The van der Waals surface area contributed by atoms with Crippen LogP contribution in [-0.2, 0) is 0 Å². The molecule has 1 aromatic rings. The number of aliphatic hydroxyl groups is 1. The van der Waals surface area contributed by atoms with Crippen LogP contribution in [0.1, 0.15) is 31.7 Å². The summed E-state index contributed by atoms with van der Waals surface area (Å²) in [6, 6.07) is 8.54. The van der Waals surface area contributed by atoms with Gasteiger partial charge in [0.1, 0.15) is 0 Å². The van der Waals surface area contributed by atoms with Crippen molar-refractivity contribution in [2.24, 2.45) is 5.73 Å². The van der Waals surface area contributed by atoms with Crippen molar-refractivity contribution >= 4 is 11.8 Å². The molecule has 0 aliphatic rings. The molecule has 0 fully saturated rings. The van der Waals surface area contributed by atoms with Crippen molar-refractivity contribution in [3.05, 3.63) is 29.8 Å². The van der Waals surface area contributed by atoms with E-state index in [9.17, 15) is 5.11 Å². The molecule has 96 valence electrons. The second-order valence-electron chi connectivity index (χ2n) is 4.64. The van der Waals surface area contributed by atoms with Crippen LogP contribution < -0.4 is 5.73 Å². The fraction of sp³-hybridized carbons (Fsp3) is 0.571. The van der Waals surface area contributed by atoms with E-state index in [0.717, 1.165) is 25.0 Å². The van der Waals surface area contributed by atoms with Gasteiger partial charge < -0.3 is 10.8 Å². The maximum absolute atomic E-state index is 9.21. The summed E-state index contributed by atoms with van der Waals surface area (Å²) in [6.07, 6.45) is 2.76. The number of hydrogen-bond donors (Lipinski definition) is 2. The molecule has 0 spiro atoms. The molecular weight excluding hydrogens is 230 g/mol. The molecule has 0 aliphatic carbocycles. The second kappa shape index (κ2) is 7.04.